The van der Waals surface area contributed by atoms with Crippen molar-refractivity contribution in [2.45, 2.75) is 6.18 Å². The number of aromatic nitrogens is 3. The summed E-state index contributed by atoms with van der Waals surface area (Å²) in [5.41, 5.74) is -1.03. The number of pyridine rings is 1. The monoisotopic (exact) mass is 536 g/mol. The highest BCUT2D eigenvalue weighted by Crippen LogP contribution is 2.36. The molecule has 0 atom stereocenters. The van der Waals surface area contributed by atoms with E-state index in [0.717, 1.165) is 9.90 Å². The van der Waals surface area contributed by atoms with E-state index in [0.29, 0.717) is 18.0 Å². The molecule has 1 aromatic carbocycles. The molecular formula is C16H9ClF3IN6O2. The van der Waals surface area contributed by atoms with Crippen LogP contribution < -0.4 is 10.6 Å². The molecule has 2 aromatic heterocycles. The summed E-state index contributed by atoms with van der Waals surface area (Å²) >= 11 is 7.96. The first-order chi connectivity index (χ1) is 13.6. The van der Waals surface area contributed by atoms with E-state index in [1.54, 1.807) is 24.3 Å². The smallest absolute Gasteiger partial charge is 0.334 e. The third-order valence-electron chi connectivity index (χ3n) is 3.52. The zero-order valence-electron chi connectivity index (χ0n) is 14.0. The fraction of sp³-hybridized carbons (Fsp3) is 0.0625. The molecule has 3 aromatic rings. The lowest BCUT2D eigenvalue weighted by atomic mass is 10.2. The number of benzene rings is 1. The number of hydrogen-bond donors (Lipinski definition) is 2. The summed E-state index contributed by atoms with van der Waals surface area (Å²) in [4.78, 5) is 22.1. The van der Waals surface area contributed by atoms with Gasteiger partial charge in [-0.15, -0.1) is 0 Å². The number of nitrogens with one attached hydrogen (secondary N) is 2. The lowest BCUT2D eigenvalue weighted by Crippen LogP contribution is -2.08. The van der Waals surface area contributed by atoms with E-state index in [1.165, 1.54) is 0 Å². The Morgan fingerprint density at radius 1 is 1.03 bits per heavy atom. The van der Waals surface area contributed by atoms with Crippen LogP contribution in [0.4, 0.5) is 42.0 Å². The molecule has 0 radical (unpaired) electrons. The van der Waals surface area contributed by atoms with Crippen molar-refractivity contribution in [2.24, 2.45) is 0 Å². The third kappa shape index (κ3) is 5.00. The molecule has 0 bridgehead atoms. The summed E-state index contributed by atoms with van der Waals surface area (Å²) in [6.07, 6.45) is -3.00. The number of rotatable bonds is 5. The number of hydrogen-bond acceptors (Lipinski definition) is 7. The van der Waals surface area contributed by atoms with Gasteiger partial charge in [0.05, 0.1) is 15.5 Å². The average molecular weight is 537 g/mol. The van der Waals surface area contributed by atoms with E-state index in [2.05, 4.69) is 48.2 Å². The van der Waals surface area contributed by atoms with Crippen LogP contribution in [0.3, 0.4) is 0 Å². The Labute approximate surface area is 179 Å². The van der Waals surface area contributed by atoms with Gasteiger partial charge in [0.15, 0.2) is 5.82 Å². The Hall–Kier alpha value is -2.74. The zero-order valence-corrected chi connectivity index (χ0v) is 17.0. The standard InChI is InChI=1S/C16H9ClF3IN6O2/c17-11-5-8(16(18,19)20)6-22-13(11)26-15-12(27(28)29)14(23-7-24-15)25-10-3-1-9(21)2-4-10/h1-7H,(H2,22,23,24,25,26). The summed E-state index contributed by atoms with van der Waals surface area (Å²) in [7, 11) is 0. The summed E-state index contributed by atoms with van der Waals surface area (Å²) < 4.78 is 39.2. The van der Waals surface area contributed by atoms with Gasteiger partial charge >= 0.3 is 11.9 Å². The normalized spacial score (nSPS) is 11.2. The number of halogens is 5. The second-order valence-electron chi connectivity index (χ2n) is 5.49. The molecule has 0 amide bonds. The van der Waals surface area contributed by atoms with Crippen molar-refractivity contribution in [3.05, 3.63) is 67.1 Å². The van der Waals surface area contributed by atoms with Crippen LogP contribution in [0.25, 0.3) is 0 Å². The molecule has 0 fully saturated rings. The molecule has 150 valence electrons. The molecule has 3 rings (SSSR count). The quantitative estimate of drug-likeness (QED) is 0.250. The molecule has 0 aliphatic carbocycles. The summed E-state index contributed by atoms with van der Waals surface area (Å²) in [6, 6.07) is 7.65. The average Bonchev–Trinajstić information content (AvgIpc) is 2.64. The second-order valence-corrected chi connectivity index (χ2v) is 7.14. The van der Waals surface area contributed by atoms with Crippen LogP contribution in [-0.4, -0.2) is 19.9 Å². The minimum absolute atomic E-state index is 0.114. The van der Waals surface area contributed by atoms with Crippen LogP contribution in [-0.2, 0) is 6.18 Å². The van der Waals surface area contributed by atoms with Crippen LogP contribution >= 0.6 is 34.2 Å². The van der Waals surface area contributed by atoms with Gasteiger partial charge in [-0.25, -0.2) is 15.0 Å². The van der Waals surface area contributed by atoms with E-state index in [-0.39, 0.29) is 22.5 Å². The summed E-state index contributed by atoms with van der Waals surface area (Å²) in [5, 5.41) is 16.5. The fourth-order valence-electron chi connectivity index (χ4n) is 2.20. The number of nitrogens with zero attached hydrogens (tertiary/aromatic N) is 4. The van der Waals surface area contributed by atoms with Crippen molar-refractivity contribution >= 4 is 63.0 Å². The first-order valence-electron chi connectivity index (χ1n) is 7.67. The molecule has 0 aliphatic heterocycles. The van der Waals surface area contributed by atoms with E-state index < -0.39 is 22.4 Å². The van der Waals surface area contributed by atoms with Gasteiger partial charge in [-0.1, -0.05) is 11.6 Å². The Bertz CT molecular complexity index is 1070. The van der Waals surface area contributed by atoms with Crippen molar-refractivity contribution in [3.8, 4) is 0 Å². The van der Waals surface area contributed by atoms with Gasteiger partial charge in [-0.3, -0.25) is 10.1 Å². The fourth-order valence-corrected chi connectivity index (χ4v) is 2.77. The number of nitro groups is 1. The van der Waals surface area contributed by atoms with E-state index in [1.807, 2.05) is 0 Å². The van der Waals surface area contributed by atoms with Crippen molar-refractivity contribution in [2.75, 3.05) is 10.6 Å². The molecule has 0 aliphatic rings. The molecule has 29 heavy (non-hydrogen) atoms. The van der Waals surface area contributed by atoms with Crippen LogP contribution in [0.5, 0.6) is 0 Å². The van der Waals surface area contributed by atoms with Crippen molar-refractivity contribution in [1.82, 2.24) is 15.0 Å². The molecular weight excluding hydrogens is 528 g/mol. The van der Waals surface area contributed by atoms with Gasteiger partial charge in [0.2, 0.25) is 11.6 Å². The lowest BCUT2D eigenvalue weighted by Gasteiger charge is -2.12. The summed E-state index contributed by atoms with van der Waals surface area (Å²) in [5.74, 6) is -0.620. The van der Waals surface area contributed by atoms with Gasteiger partial charge in [0, 0.05) is 15.5 Å². The molecule has 0 saturated carbocycles. The van der Waals surface area contributed by atoms with Gasteiger partial charge in [0.25, 0.3) is 0 Å². The predicted molar refractivity (Wildman–Crippen MR) is 109 cm³/mol. The highest BCUT2D eigenvalue weighted by atomic mass is 127. The largest absolute Gasteiger partial charge is 0.417 e. The maximum absolute atomic E-state index is 12.7. The molecule has 2 N–H and O–H groups in total. The van der Waals surface area contributed by atoms with Crippen LogP contribution in [0, 0.1) is 13.7 Å². The highest BCUT2D eigenvalue weighted by Gasteiger charge is 2.32. The van der Waals surface area contributed by atoms with Crippen molar-refractivity contribution in [1.29, 1.82) is 0 Å². The Kier molecular flexibility index (Phi) is 6.02. The second kappa shape index (κ2) is 8.32. The maximum Gasteiger partial charge on any atom is 0.417 e. The molecule has 0 unspecified atom stereocenters. The zero-order chi connectivity index (χ0) is 21.2. The first-order valence-corrected chi connectivity index (χ1v) is 9.12. The minimum Gasteiger partial charge on any atom is -0.334 e. The van der Waals surface area contributed by atoms with Gasteiger partial charge in [-0.05, 0) is 52.9 Å². The third-order valence-corrected chi connectivity index (χ3v) is 4.52. The van der Waals surface area contributed by atoms with E-state index in [4.69, 9.17) is 11.6 Å². The predicted octanol–water partition coefficient (Wildman–Crippen LogP) is 5.54. The molecule has 0 spiro atoms. The van der Waals surface area contributed by atoms with Gasteiger partial charge in [0.1, 0.15) is 6.33 Å². The van der Waals surface area contributed by atoms with Crippen LogP contribution in [0.15, 0.2) is 42.9 Å². The Morgan fingerprint density at radius 3 is 2.21 bits per heavy atom. The SMILES string of the molecule is O=[N+]([O-])c1c(Nc2ccc(I)cc2)ncnc1Nc1ncc(C(F)(F)F)cc1Cl. The van der Waals surface area contributed by atoms with Gasteiger partial charge in [-0.2, -0.15) is 13.2 Å². The number of alkyl halides is 3. The van der Waals surface area contributed by atoms with Crippen LogP contribution in [0.2, 0.25) is 5.02 Å². The topological polar surface area (TPSA) is 106 Å². The molecule has 8 nitrogen and oxygen atoms in total. The first kappa shape index (κ1) is 21.0. The van der Waals surface area contributed by atoms with Crippen molar-refractivity contribution < 1.29 is 18.1 Å². The molecule has 2 heterocycles. The van der Waals surface area contributed by atoms with E-state index >= 15 is 0 Å². The summed E-state index contributed by atoms with van der Waals surface area (Å²) in [6.45, 7) is 0. The minimum atomic E-state index is -4.62. The van der Waals surface area contributed by atoms with Crippen LogP contribution in [0.1, 0.15) is 5.56 Å². The Morgan fingerprint density at radius 2 is 1.66 bits per heavy atom. The Balaban J connectivity index is 1.96. The maximum atomic E-state index is 12.7. The number of anilines is 4. The highest BCUT2D eigenvalue weighted by molar-refractivity contribution is 14.1. The van der Waals surface area contributed by atoms with Gasteiger partial charge < -0.3 is 10.6 Å². The van der Waals surface area contributed by atoms with Crippen molar-refractivity contribution in [3.63, 3.8) is 0 Å². The van der Waals surface area contributed by atoms with E-state index in [9.17, 15) is 23.3 Å². The molecule has 0 saturated heterocycles. The molecule has 13 heteroatoms. The lowest BCUT2D eigenvalue weighted by molar-refractivity contribution is -0.383.